The fraction of sp³-hybridized carbons (Fsp3) is 0.538. The van der Waals surface area contributed by atoms with Crippen molar-refractivity contribution in [1.29, 1.82) is 0 Å². The predicted molar refractivity (Wildman–Crippen MR) is 79.5 cm³/mol. The summed E-state index contributed by atoms with van der Waals surface area (Å²) < 4.78 is 0.848. The second kappa shape index (κ2) is 6.34. The Morgan fingerprint density at radius 3 is 3.05 bits per heavy atom. The largest absolute Gasteiger partial charge is 0.379 e. The van der Waals surface area contributed by atoms with E-state index in [1.165, 1.54) is 18.9 Å². The van der Waals surface area contributed by atoms with Crippen LogP contribution in [0.2, 0.25) is 0 Å². The van der Waals surface area contributed by atoms with Crippen molar-refractivity contribution in [3.63, 3.8) is 0 Å². The maximum atomic E-state index is 11.0. The van der Waals surface area contributed by atoms with Gasteiger partial charge in [0.1, 0.15) is 5.69 Å². The van der Waals surface area contributed by atoms with E-state index in [-0.39, 0.29) is 10.6 Å². The summed E-state index contributed by atoms with van der Waals surface area (Å²) in [6, 6.07) is 4.99. The molecule has 1 N–H and O–H groups in total. The van der Waals surface area contributed by atoms with E-state index in [2.05, 4.69) is 33.2 Å². The molecule has 1 atom stereocenters. The lowest BCUT2D eigenvalue weighted by atomic mass is 9.98. The van der Waals surface area contributed by atoms with Crippen LogP contribution in [-0.2, 0) is 0 Å². The minimum Gasteiger partial charge on any atom is -0.379 e. The van der Waals surface area contributed by atoms with Gasteiger partial charge in [-0.3, -0.25) is 10.1 Å². The topological polar surface area (TPSA) is 58.4 Å². The number of halogens is 1. The summed E-state index contributed by atoms with van der Waals surface area (Å²) in [4.78, 5) is 12.9. The molecular weight excluding hydrogens is 310 g/mol. The summed E-state index contributed by atoms with van der Waals surface area (Å²) in [7, 11) is 2.12. The minimum absolute atomic E-state index is 0.132. The molecule has 1 fully saturated rings. The summed E-state index contributed by atoms with van der Waals surface area (Å²) >= 11 is 3.35. The molecule has 6 heteroatoms. The molecule has 0 spiro atoms. The van der Waals surface area contributed by atoms with Crippen LogP contribution in [0.4, 0.5) is 11.4 Å². The molecule has 0 saturated carbocycles. The third-order valence-corrected chi connectivity index (χ3v) is 3.95. The van der Waals surface area contributed by atoms with E-state index in [1.807, 2.05) is 0 Å². The van der Waals surface area contributed by atoms with Crippen molar-refractivity contribution in [3.05, 3.63) is 32.8 Å². The van der Waals surface area contributed by atoms with E-state index in [0.29, 0.717) is 11.6 Å². The van der Waals surface area contributed by atoms with Crippen molar-refractivity contribution < 1.29 is 4.92 Å². The number of benzene rings is 1. The Hall–Kier alpha value is -1.14. The van der Waals surface area contributed by atoms with Gasteiger partial charge in [-0.05, 0) is 44.5 Å². The van der Waals surface area contributed by atoms with Gasteiger partial charge in [-0.1, -0.05) is 15.9 Å². The summed E-state index contributed by atoms with van der Waals surface area (Å²) in [6.45, 7) is 2.98. The van der Waals surface area contributed by atoms with E-state index in [0.717, 1.165) is 24.1 Å². The van der Waals surface area contributed by atoms with Crippen LogP contribution in [0.25, 0.3) is 0 Å². The SMILES string of the molecule is CN1CCCC(CNc2cc(Br)ccc2[N+](=O)[O-])C1. The molecule has 0 bridgehead atoms. The maximum Gasteiger partial charge on any atom is 0.292 e. The van der Waals surface area contributed by atoms with Crippen molar-refractivity contribution in [2.24, 2.45) is 5.92 Å². The van der Waals surface area contributed by atoms with Gasteiger partial charge in [-0.2, -0.15) is 0 Å². The van der Waals surface area contributed by atoms with E-state index in [1.54, 1.807) is 12.1 Å². The average molecular weight is 328 g/mol. The molecule has 19 heavy (non-hydrogen) atoms. The van der Waals surface area contributed by atoms with Gasteiger partial charge >= 0.3 is 0 Å². The average Bonchev–Trinajstić information content (AvgIpc) is 2.36. The number of piperidine rings is 1. The zero-order valence-electron chi connectivity index (χ0n) is 10.9. The number of nitrogens with one attached hydrogen (secondary N) is 1. The minimum atomic E-state index is -0.345. The number of nitro groups is 1. The van der Waals surface area contributed by atoms with Crippen LogP contribution in [-0.4, -0.2) is 36.5 Å². The highest BCUT2D eigenvalue weighted by Gasteiger charge is 2.19. The Labute approximate surface area is 121 Å². The molecule has 1 aliphatic rings. The summed E-state index contributed by atoms with van der Waals surface area (Å²) in [5, 5.41) is 14.2. The van der Waals surface area contributed by atoms with Crippen LogP contribution in [0.3, 0.4) is 0 Å². The second-order valence-electron chi connectivity index (χ2n) is 5.07. The number of anilines is 1. The lowest BCUT2D eigenvalue weighted by molar-refractivity contribution is -0.384. The number of nitrogens with zero attached hydrogens (tertiary/aromatic N) is 2. The first-order chi connectivity index (χ1) is 9.06. The summed E-state index contributed by atoms with van der Waals surface area (Å²) in [6.07, 6.45) is 2.38. The number of hydrogen-bond acceptors (Lipinski definition) is 4. The highest BCUT2D eigenvalue weighted by atomic mass is 79.9. The molecule has 2 rings (SSSR count). The fourth-order valence-corrected chi connectivity index (χ4v) is 2.86. The lowest BCUT2D eigenvalue weighted by Crippen LogP contribution is -2.35. The zero-order chi connectivity index (χ0) is 13.8. The van der Waals surface area contributed by atoms with Crippen LogP contribution >= 0.6 is 15.9 Å². The van der Waals surface area contributed by atoms with Gasteiger partial charge in [-0.25, -0.2) is 0 Å². The summed E-state index contributed by atoms with van der Waals surface area (Å²) in [5.74, 6) is 0.553. The van der Waals surface area contributed by atoms with Crippen molar-refractivity contribution in [2.45, 2.75) is 12.8 Å². The molecule has 5 nitrogen and oxygen atoms in total. The van der Waals surface area contributed by atoms with Crippen LogP contribution < -0.4 is 5.32 Å². The van der Waals surface area contributed by atoms with Gasteiger partial charge in [-0.15, -0.1) is 0 Å². The molecule has 1 heterocycles. The highest BCUT2D eigenvalue weighted by molar-refractivity contribution is 9.10. The third kappa shape index (κ3) is 3.91. The first kappa shape index (κ1) is 14.3. The van der Waals surface area contributed by atoms with E-state index in [4.69, 9.17) is 0 Å². The smallest absolute Gasteiger partial charge is 0.292 e. The Morgan fingerprint density at radius 2 is 2.37 bits per heavy atom. The van der Waals surface area contributed by atoms with Crippen molar-refractivity contribution in [1.82, 2.24) is 4.90 Å². The van der Waals surface area contributed by atoms with Crippen molar-refractivity contribution >= 4 is 27.3 Å². The molecule has 0 amide bonds. The molecule has 0 radical (unpaired) electrons. The molecule has 1 aromatic carbocycles. The first-order valence-corrected chi connectivity index (χ1v) is 7.22. The molecule has 104 valence electrons. The number of hydrogen-bond donors (Lipinski definition) is 1. The van der Waals surface area contributed by atoms with Crippen LogP contribution in [0.5, 0.6) is 0 Å². The standard InChI is InChI=1S/C13H18BrN3O2/c1-16-6-2-3-10(9-16)8-15-12-7-11(14)4-5-13(12)17(18)19/h4-5,7,10,15H,2-3,6,8-9H2,1H3. The molecule has 1 saturated heterocycles. The molecule has 0 aromatic heterocycles. The Bertz CT molecular complexity index is 467. The number of likely N-dealkylation sites (tertiary alicyclic amines) is 1. The zero-order valence-corrected chi connectivity index (χ0v) is 12.5. The molecule has 1 unspecified atom stereocenters. The Morgan fingerprint density at radius 1 is 1.58 bits per heavy atom. The summed E-state index contributed by atoms with van der Waals surface area (Å²) in [5.41, 5.74) is 0.722. The van der Waals surface area contributed by atoms with Gasteiger partial charge in [0.15, 0.2) is 0 Å². The predicted octanol–water partition coefficient (Wildman–Crippen LogP) is 3.11. The molecule has 0 aliphatic carbocycles. The third-order valence-electron chi connectivity index (χ3n) is 3.46. The Kier molecular flexibility index (Phi) is 4.76. The van der Waals surface area contributed by atoms with Crippen LogP contribution in [0, 0.1) is 16.0 Å². The molecule has 1 aromatic rings. The molecular formula is C13H18BrN3O2. The van der Waals surface area contributed by atoms with Crippen LogP contribution in [0.15, 0.2) is 22.7 Å². The van der Waals surface area contributed by atoms with Gasteiger partial charge < -0.3 is 10.2 Å². The van der Waals surface area contributed by atoms with Crippen LogP contribution in [0.1, 0.15) is 12.8 Å². The number of rotatable bonds is 4. The first-order valence-electron chi connectivity index (χ1n) is 6.42. The quantitative estimate of drug-likeness (QED) is 0.681. The monoisotopic (exact) mass is 327 g/mol. The van der Waals surface area contributed by atoms with Crippen molar-refractivity contribution in [3.8, 4) is 0 Å². The van der Waals surface area contributed by atoms with Gasteiger partial charge in [0.05, 0.1) is 4.92 Å². The second-order valence-corrected chi connectivity index (χ2v) is 5.99. The van der Waals surface area contributed by atoms with Gasteiger partial charge in [0, 0.05) is 23.6 Å². The van der Waals surface area contributed by atoms with E-state index < -0.39 is 0 Å². The van der Waals surface area contributed by atoms with Gasteiger partial charge in [0.25, 0.3) is 5.69 Å². The van der Waals surface area contributed by atoms with E-state index in [9.17, 15) is 10.1 Å². The van der Waals surface area contributed by atoms with E-state index >= 15 is 0 Å². The van der Waals surface area contributed by atoms with Crippen molar-refractivity contribution in [2.75, 3.05) is 32.0 Å². The highest BCUT2D eigenvalue weighted by Crippen LogP contribution is 2.28. The molecule has 1 aliphatic heterocycles. The number of nitro benzene ring substituents is 1. The maximum absolute atomic E-state index is 11.0. The Balaban J connectivity index is 2.02. The normalized spacial score (nSPS) is 20.2. The van der Waals surface area contributed by atoms with Gasteiger partial charge in [0.2, 0.25) is 0 Å². The fourth-order valence-electron chi connectivity index (χ4n) is 2.50. The lowest BCUT2D eigenvalue weighted by Gasteiger charge is -2.29.